The standard InChI is InChI=1S/C15H20FN5/c1-10-3-2-4-12(13(10)16)14-18-15(20-19-14)21-7-5-11(9-17)6-8-21/h2-4,11H,5-9,17H2,1H3,(H,18,19,20). The van der Waals surface area contributed by atoms with Crippen LogP contribution >= 0.6 is 0 Å². The number of H-pyrrole nitrogens is 1. The maximum atomic E-state index is 14.1. The number of aromatic nitrogens is 3. The van der Waals surface area contributed by atoms with Crippen LogP contribution in [0.1, 0.15) is 18.4 Å². The van der Waals surface area contributed by atoms with E-state index in [0.717, 1.165) is 32.5 Å². The molecule has 0 amide bonds. The topological polar surface area (TPSA) is 70.8 Å². The minimum atomic E-state index is -0.248. The maximum absolute atomic E-state index is 14.1. The van der Waals surface area contributed by atoms with Crippen molar-refractivity contribution in [2.24, 2.45) is 11.7 Å². The highest BCUT2D eigenvalue weighted by molar-refractivity contribution is 5.58. The maximum Gasteiger partial charge on any atom is 0.245 e. The number of hydrogen-bond donors (Lipinski definition) is 2. The van der Waals surface area contributed by atoms with Crippen molar-refractivity contribution < 1.29 is 4.39 Å². The second-order valence-corrected chi connectivity index (χ2v) is 5.59. The Kier molecular flexibility index (Phi) is 3.88. The Morgan fingerprint density at radius 2 is 2.14 bits per heavy atom. The molecule has 6 heteroatoms. The normalized spacial score (nSPS) is 16.4. The lowest BCUT2D eigenvalue weighted by atomic mass is 9.97. The second kappa shape index (κ2) is 5.81. The van der Waals surface area contributed by atoms with Crippen LogP contribution < -0.4 is 10.6 Å². The summed E-state index contributed by atoms with van der Waals surface area (Å²) in [7, 11) is 0. The lowest BCUT2D eigenvalue weighted by molar-refractivity contribution is 0.411. The van der Waals surface area contributed by atoms with E-state index in [9.17, 15) is 4.39 Å². The molecule has 0 aliphatic carbocycles. The van der Waals surface area contributed by atoms with Crippen molar-refractivity contribution in [3.63, 3.8) is 0 Å². The number of piperidine rings is 1. The number of nitrogens with two attached hydrogens (primary N) is 1. The Labute approximate surface area is 123 Å². The molecular weight excluding hydrogens is 269 g/mol. The van der Waals surface area contributed by atoms with Crippen LogP contribution in [0.2, 0.25) is 0 Å². The van der Waals surface area contributed by atoms with Gasteiger partial charge in [-0.1, -0.05) is 12.1 Å². The Balaban J connectivity index is 1.79. The van der Waals surface area contributed by atoms with Gasteiger partial charge in [0.15, 0.2) is 5.82 Å². The molecule has 2 heterocycles. The third kappa shape index (κ3) is 2.76. The third-order valence-electron chi connectivity index (χ3n) is 4.15. The molecule has 2 aromatic rings. The molecule has 21 heavy (non-hydrogen) atoms. The van der Waals surface area contributed by atoms with Crippen LogP contribution in [-0.2, 0) is 0 Å². The first kappa shape index (κ1) is 14.0. The van der Waals surface area contributed by atoms with E-state index in [1.165, 1.54) is 0 Å². The largest absolute Gasteiger partial charge is 0.340 e. The number of benzene rings is 1. The van der Waals surface area contributed by atoms with Gasteiger partial charge in [0.25, 0.3) is 0 Å². The number of aryl methyl sites for hydroxylation is 1. The van der Waals surface area contributed by atoms with E-state index >= 15 is 0 Å². The molecule has 0 radical (unpaired) electrons. The van der Waals surface area contributed by atoms with Crippen LogP contribution in [0.5, 0.6) is 0 Å². The van der Waals surface area contributed by atoms with E-state index in [-0.39, 0.29) is 5.82 Å². The van der Waals surface area contributed by atoms with Crippen molar-refractivity contribution in [1.29, 1.82) is 0 Å². The minimum absolute atomic E-state index is 0.248. The highest BCUT2D eigenvalue weighted by Crippen LogP contribution is 2.25. The van der Waals surface area contributed by atoms with Crippen molar-refractivity contribution >= 4 is 5.95 Å². The average molecular weight is 289 g/mol. The van der Waals surface area contributed by atoms with Crippen molar-refractivity contribution in [3.05, 3.63) is 29.6 Å². The van der Waals surface area contributed by atoms with Crippen LogP contribution in [-0.4, -0.2) is 34.8 Å². The molecule has 3 rings (SSSR count). The van der Waals surface area contributed by atoms with Crippen LogP contribution in [0.15, 0.2) is 18.2 Å². The molecule has 0 saturated carbocycles. The summed E-state index contributed by atoms with van der Waals surface area (Å²) in [5.41, 5.74) is 6.77. The summed E-state index contributed by atoms with van der Waals surface area (Å²) in [5.74, 6) is 1.46. The highest BCUT2D eigenvalue weighted by Gasteiger charge is 2.21. The van der Waals surface area contributed by atoms with Crippen molar-refractivity contribution in [2.45, 2.75) is 19.8 Å². The van der Waals surface area contributed by atoms with Gasteiger partial charge in [-0.25, -0.2) is 4.39 Å². The molecule has 0 unspecified atom stereocenters. The molecule has 0 bridgehead atoms. The number of aromatic amines is 1. The van der Waals surface area contributed by atoms with E-state index < -0.39 is 0 Å². The Bertz CT molecular complexity index is 616. The number of nitrogens with one attached hydrogen (secondary N) is 1. The Morgan fingerprint density at radius 1 is 1.38 bits per heavy atom. The van der Waals surface area contributed by atoms with Crippen LogP contribution in [0.3, 0.4) is 0 Å². The van der Waals surface area contributed by atoms with Crippen LogP contribution in [0, 0.1) is 18.7 Å². The van der Waals surface area contributed by atoms with Gasteiger partial charge in [0.05, 0.1) is 5.56 Å². The number of anilines is 1. The SMILES string of the molecule is Cc1cccc(-c2nc(N3CCC(CN)CC3)n[nH]2)c1F. The van der Waals surface area contributed by atoms with Gasteiger partial charge in [-0.2, -0.15) is 4.98 Å². The molecule has 3 N–H and O–H groups in total. The van der Waals surface area contributed by atoms with Gasteiger partial charge in [-0.15, -0.1) is 5.10 Å². The summed E-state index contributed by atoms with van der Waals surface area (Å²) in [5, 5.41) is 7.07. The summed E-state index contributed by atoms with van der Waals surface area (Å²) >= 11 is 0. The van der Waals surface area contributed by atoms with Gasteiger partial charge in [0, 0.05) is 13.1 Å². The van der Waals surface area contributed by atoms with Gasteiger partial charge in [0.2, 0.25) is 5.95 Å². The number of rotatable bonds is 3. The number of nitrogens with zero attached hydrogens (tertiary/aromatic N) is 3. The first-order valence-corrected chi connectivity index (χ1v) is 7.32. The fourth-order valence-corrected chi connectivity index (χ4v) is 2.71. The van der Waals surface area contributed by atoms with Gasteiger partial charge in [-0.3, -0.25) is 5.10 Å². The molecule has 1 aliphatic heterocycles. The van der Waals surface area contributed by atoms with E-state index in [0.29, 0.717) is 28.8 Å². The van der Waals surface area contributed by atoms with Gasteiger partial charge < -0.3 is 10.6 Å². The number of halogens is 1. The van der Waals surface area contributed by atoms with Crippen molar-refractivity contribution in [2.75, 3.05) is 24.5 Å². The van der Waals surface area contributed by atoms with Gasteiger partial charge in [0.1, 0.15) is 5.82 Å². The Hall–Kier alpha value is -1.95. The summed E-state index contributed by atoms with van der Waals surface area (Å²) in [6.45, 7) is 4.28. The zero-order valence-corrected chi connectivity index (χ0v) is 12.1. The molecule has 0 spiro atoms. The molecule has 0 atom stereocenters. The first-order valence-electron chi connectivity index (χ1n) is 7.32. The quantitative estimate of drug-likeness (QED) is 0.907. The predicted molar refractivity (Wildman–Crippen MR) is 80.5 cm³/mol. The Morgan fingerprint density at radius 3 is 2.86 bits per heavy atom. The minimum Gasteiger partial charge on any atom is -0.340 e. The van der Waals surface area contributed by atoms with Crippen molar-refractivity contribution in [3.8, 4) is 11.4 Å². The van der Waals surface area contributed by atoms with E-state index in [1.54, 1.807) is 19.1 Å². The van der Waals surface area contributed by atoms with Crippen LogP contribution in [0.25, 0.3) is 11.4 Å². The average Bonchev–Trinajstić information content (AvgIpc) is 3.00. The zero-order chi connectivity index (χ0) is 14.8. The van der Waals surface area contributed by atoms with Gasteiger partial charge in [-0.05, 0) is 43.9 Å². The van der Waals surface area contributed by atoms with Gasteiger partial charge >= 0.3 is 0 Å². The summed E-state index contributed by atoms with van der Waals surface area (Å²) < 4.78 is 14.1. The number of hydrogen-bond acceptors (Lipinski definition) is 4. The lowest BCUT2D eigenvalue weighted by Crippen LogP contribution is -2.36. The summed E-state index contributed by atoms with van der Waals surface area (Å²) in [4.78, 5) is 6.57. The molecule has 1 aliphatic rings. The molecule has 1 aromatic carbocycles. The highest BCUT2D eigenvalue weighted by atomic mass is 19.1. The third-order valence-corrected chi connectivity index (χ3v) is 4.15. The molecule has 1 fully saturated rings. The zero-order valence-electron chi connectivity index (χ0n) is 12.1. The molecule has 1 aromatic heterocycles. The van der Waals surface area contributed by atoms with Crippen LogP contribution in [0.4, 0.5) is 10.3 Å². The first-order chi connectivity index (χ1) is 10.2. The molecule has 1 saturated heterocycles. The fourth-order valence-electron chi connectivity index (χ4n) is 2.71. The molecule has 112 valence electrons. The van der Waals surface area contributed by atoms with Crippen molar-refractivity contribution in [1.82, 2.24) is 15.2 Å². The summed E-state index contributed by atoms with van der Waals surface area (Å²) in [6.07, 6.45) is 2.11. The van der Waals surface area contributed by atoms with E-state index in [1.807, 2.05) is 6.07 Å². The predicted octanol–water partition coefficient (Wildman–Crippen LogP) is 2.09. The summed E-state index contributed by atoms with van der Waals surface area (Å²) in [6, 6.07) is 5.28. The van der Waals surface area contributed by atoms with E-state index in [4.69, 9.17) is 5.73 Å². The molecular formula is C15H20FN5. The lowest BCUT2D eigenvalue weighted by Gasteiger charge is -2.30. The second-order valence-electron chi connectivity index (χ2n) is 5.59. The monoisotopic (exact) mass is 289 g/mol. The van der Waals surface area contributed by atoms with E-state index in [2.05, 4.69) is 20.1 Å². The molecule has 5 nitrogen and oxygen atoms in total. The fraction of sp³-hybridized carbons (Fsp3) is 0.467. The smallest absolute Gasteiger partial charge is 0.245 e.